The van der Waals surface area contributed by atoms with Gasteiger partial charge < -0.3 is 21.1 Å². The lowest BCUT2D eigenvalue weighted by atomic mass is 10.1. The van der Waals surface area contributed by atoms with Gasteiger partial charge in [0, 0.05) is 23.6 Å². The summed E-state index contributed by atoms with van der Waals surface area (Å²) in [6.07, 6.45) is 4.39. The fourth-order valence-electron chi connectivity index (χ4n) is 1.73. The number of rotatable bonds is 3. The molecule has 130 valence electrons. The molecule has 9 nitrogen and oxygen atoms in total. The quantitative estimate of drug-likeness (QED) is 0.339. The molecule has 0 aliphatic heterocycles. The molecule has 2 rings (SSSR count). The van der Waals surface area contributed by atoms with Crippen molar-refractivity contribution in [3.8, 4) is 5.69 Å². The maximum atomic E-state index is 11.8. The molecule has 1 heterocycles. The maximum absolute atomic E-state index is 11.8. The lowest BCUT2D eigenvalue weighted by Crippen LogP contribution is -2.24. The summed E-state index contributed by atoms with van der Waals surface area (Å²) >= 11 is 0. The highest BCUT2D eigenvalue weighted by Gasteiger charge is 2.09. The van der Waals surface area contributed by atoms with Gasteiger partial charge >= 0.3 is 0 Å². The van der Waals surface area contributed by atoms with Crippen LogP contribution in [0.3, 0.4) is 0 Å². The lowest BCUT2D eigenvalue weighted by Gasteiger charge is -2.07. The molecule has 2 aromatic rings. The number of hydrogen-bond acceptors (Lipinski definition) is 4. The van der Waals surface area contributed by atoms with E-state index in [4.69, 9.17) is 16.0 Å². The van der Waals surface area contributed by atoms with Gasteiger partial charge in [0.1, 0.15) is 0 Å². The normalized spacial score (nSPS) is 10.5. The van der Waals surface area contributed by atoms with E-state index in [9.17, 15) is 18.3 Å². The van der Waals surface area contributed by atoms with E-state index in [1.54, 1.807) is 18.2 Å². The van der Waals surface area contributed by atoms with Crippen LogP contribution >= 0.6 is 0 Å². The lowest BCUT2D eigenvalue weighted by molar-refractivity contribution is 0.100. The highest BCUT2D eigenvalue weighted by Crippen LogP contribution is 2.16. The van der Waals surface area contributed by atoms with E-state index in [1.807, 2.05) is 29.1 Å². The van der Waals surface area contributed by atoms with Crippen LogP contribution in [0.1, 0.15) is 15.9 Å². The number of carbonyl (C=O) groups excluding carboxylic acids is 1. The molecule has 0 saturated heterocycles. The number of aliphatic imine (C=N–C) groups is 1. The Morgan fingerprint density at radius 2 is 1.75 bits per heavy atom. The minimum atomic E-state index is -3.67. The van der Waals surface area contributed by atoms with Crippen molar-refractivity contribution < 1.29 is 22.9 Å². The first-order valence-electron chi connectivity index (χ1n) is 6.54. The van der Waals surface area contributed by atoms with Gasteiger partial charge in [-0.15, -0.1) is 0 Å². The van der Waals surface area contributed by atoms with Gasteiger partial charge in [0.05, 0.1) is 12.9 Å². The molecular formula is C14H18N4O5S. The molecule has 0 atom stereocenters. The molecule has 1 aromatic carbocycles. The summed E-state index contributed by atoms with van der Waals surface area (Å²) in [7, 11) is -3.67. The van der Waals surface area contributed by atoms with Gasteiger partial charge in [0.2, 0.25) is 0 Å². The molecule has 24 heavy (non-hydrogen) atoms. The second-order valence-electron chi connectivity index (χ2n) is 4.71. The topological polar surface area (TPSA) is 161 Å². The summed E-state index contributed by atoms with van der Waals surface area (Å²) in [5.41, 5.74) is 12.1. The molecule has 0 aliphatic carbocycles. The third-order valence-electron chi connectivity index (χ3n) is 2.54. The Hall–Kier alpha value is -2.69. The van der Waals surface area contributed by atoms with Crippen LogP contribution in [-0.4, -0.2) is 40.8 Å². The molecule has 0 unspecified atom stereocenters. The van der Waals surface area contributed by atoms with Crippen molar-refractivity contribution in [1.82, 2.24) is 4.57 Å². The zero-order chi connectivity index (χ0) is 18.3. The largest absolute Gasteiger partial charge is 0.392 e. The van der Waals surface area contributed by atoms with Crippen molar-refractivity contribution in [2.45, 2.75) is 6.61 Å². The van der Waals surface area contributed by atoms with Crippen LogP contribution in [0.2, 0.25) is 0 Å². The molecule has 0 fully saturated rings. The monoisotopic (exact) mass is 354 g/mol. The molecule has 10 heteroatoms. The molecule has 0 bridgehead atoms. The first-order chi connectivity index (χ1) is 11.1. The van der Waals surface area contributed by atoms with Crippen molar-refractivity contribution >= 4 is 22.0 Å². The standard InChI is InChI=1S/C13H14N4O2.CH4O3S/c14-13(15)16-12(19)10-5-9(8-18)6-11(7-10)17-3-1-2-4-17;1-5(2,3)4/h1-7,18H,8H2,(H4,14,15,16,19);1H3,(H,2,3,4). The smallest absolute Gasteiger partial charge is 0.280 e. The Morgan fingerprint density at radius 1 is 1.21 bits per heavy atom. The van der Waals surface area contributed by atoms with Crippen LogP contribution in [0.15, 0.2) is 47.7 Å². The van der Waals surface area contributed by atoms with E-state index in [1.165, 1.54) is 0 Å². The molecule has 0 radical (unpaired) electrons. The van der Waals surface area contributed by atoms with Gasteiger partial charge in [0.25, 0.3) is 16.0 Å². The zero-order valence-corrected chi connectivity index (χ0v) is 13.6. The number of benzene rings is 1. The fraction of sp³-hybridized carbons (Fsp3) is 0.143. The molecule has 0 spiro atoms. The van der Waals surface area contributed by atoms with Crippen LogP contribution < -0.4 is 11.5 Å². The van der Waals surface area contributed by atoms with Gasteiger partial charge in [-0.2, -0.15) is 13.4 Å². The first-order valence-corrected chi connectivity index (χ1v) is 8.39. The van der Waals surface area contributed by atoms with Gasteiger partial charge in [0.15, 0.2) is 5.96 Å². The van der Waals surface area contributed by atoms with Gasteiger partial charge in [-0.05, 0) is 35.9 Å². The van der Waals surface area contributed by atoms with Crippen molar-refractivity contribution in [2.75, 3.05) is 6.26 Å². The van der Waals surface area contributed by atoms with E-state index in [2.05, 4.69) is 4.99 Å². The van der Waals surface area contributed by atoms with E-state index in [0.717, 1.165) is 5.69 Å². The molecule has 0 aliphatic rings. The zero-order valence-electron chi connectivity index (χ0n) is 12.8. The van der Waals surface area contributed by atoms with Gasteiger partial charge in [-0.1, -0.05) is 0 Å². The summed E-state index contributed by atoms with van der Waals surface area (Å²) in [6.45, 7) is -0.169. The van der Waals surface area contributed by atoms with Crippen molar-refractivity contribution in [3.63, 3.8) is 0 Å². The summed E-state index contributed by atoms with van der Waals surface area (Å²) in [5, 5.41) is 9.24. The van der Waals surface area contributed by atoms with Crippen molar-refractivity contribution in [1.29, 1.82) is 0 Å². The molecule has 0 saturated carbocycles. The number of hydrogen-bond donors (Lipinski definition) is 4. The average molecular weight is 354 g/mol. The third kappa shape index (κ3) is 7.05. The second-order valence-corrected chi connectivity index (χ2v) is 6.18. The predicted octanol–water partition coefficient (Wildman–Crippen LogP) is -0.113. The number of nitrogens with zero attached hydrogens (tertiary/aromatic N) is 2. The number of aliphatic hydroxyl groups is 1. The Balaban J connectivity index is 0.000000505. The number of amides is 1. The highest BCUT2D eigenvalue weighted by atomic mass is 32.2. The third-order valence-corrected chi connectivity index (χ3v) is 2.54. The predicted molar refractivity (Wildman–Crippen MR) is 89.3 cm³/mol. The molecular weight excluding hydrogens is 336 g/mol. The summed E-state index contributed by atoms with van der Waals surface area (Å²) < 4.78 is 27.7. The summed E-state index contributed by atoms with van der Waals surface area (Å²) in [5.74, 6) is -0.828. The van der Waals surface area contributed by atoms with Crippen molar-refractivity contribution in [3.05, 3.63) is 53.9 Å². The fourth-order valence-corrected chi connectivity index (χ4v) is 1.73. The molecule has 1 aromatic heterocycles. The number of aromatic nitrogens is 1. The highest BCUT2D eigenvalue weighted by molar-refractivity contribution is 7.85. The van der Waals surface area contributed by atoms with Crippen LogP contribution in [0, 0.1) is 0 Å². The Bertz CT molecular complexity index is 817. The van der Waals surface area contributed by atoms with E-state index in [-0.39, 0.29) is 12.6 Å². The molecule has 1 amide bonds. The number of guanidine groups is 1. The summed E-state index contributed by atoms with van der Waals surface area (Å²) in [4.78, 5) is 15.3. The summed E-state index contributed by atoms with van der Waals surface area (Å²) in [6, 6.07) is 8.73. The van der Waals surface area contributed by atoms with Crippen LogP contribution in [0.25, 0.3) is 5.69 Å². The second kappa shape index (κ2) is 8.24. The number of nitrogens with two attached hydrogens (primary N) is 2. The van der Waals surface area contributed by atoms with Gasteiger partial charge in [-0.3, -0.25) is 9.35 Å². The number of carbonyl (C=O) groups is 1. The Kier molecular flexibility index (Phi) is 6.65. The van der Waals surface area contributed by atoms with E-state index < -0.39 is 16.0 Å². The van der Waals surface area contributed by atoms with Crippen LogP contribution in [0.4, 0.5) is 0 Å². The van der Waals surface area contributed by atoms with E-state index >= 15 is 0 Å². The average Bonchev–Trinajstić information content (AvgIpc) is 2.98. The maximum Gasteiger partial charge on any atom is 0.280 e. The molecule has 6 N–H and O–H groups in total. The Morgan fingerprint density at radius 3 is 2.21 bits per heavy atom. The minimum absolute atomic E-state index is 0.169. The van der Waals surface area contributed by atoms with Gasteiger partial charge in [-0.25, -0.2) is 0 Å². The minimum Gasteiger partial charge on any atom is -0.392 e. The Labute approximate surface area is 139 Å². The van der Waals surface area contributed by atoms with Crippen molar-refractivity contribution in [2.24, 2.45) is 16.5 Å². The van der Waals surface area contributed by atoms with E-state index in [0.29, 0.717) is 17.4 Å². The number of aliphatic hydroxyl groups excluding tert-OH is 1. The van der Waals surface area contributed by atoms with Crippen LogP contribution in [0.5, 0.6) is 0 Å². The first kappa shape index (κ1) is 19.4. The van der Waals surface area contributed by atoms with Crippen LogP contribution in [-0.2, 0) is 16.7 Å². The SMILES string of the molecule is CS(=O)(=O)O.NC(N)=NC(=O)c1cc(CO)cc(-n2cccc2)c1.